The van der Waals surface area contributed by atoms with Gasteiger partial charge in [0.1, 0.15) is 0 Å². The molecule has 0 atom stereocenters. The fourth-order valence-corrected chi connectivity index (χ4v) is 3.55. The van der Waals surface area contributed by atoms with Crippen LogP contribution in [0.1, 0.15) is 42.4 Å². The van der Waals surface area contributed by atoms with Gasteiger partial charge in [-0.15, -0.1) is 0 Å². The van der Waals surface area contributed by atoms with Gasteiger partial charge < -0.3 is 10.2 Å². The fraction of sp³-hybridized carbons (Fsp3) is 0.579. The number of carbonyl (C=O) groups excluding carboxylic acids is 2. The number of rotatable bonds is 3. The second-order valence-corrected chi connectivity index (χ2v) is 7.14. The first-order valence-electron chi connectivity index (χ1n) is 8.63. The molecule has 0 radical (unpaired) electrons. The van der Waals surface area contributed by atoms with E-state index >= 15 is 0 Å². The van der Waals surface area contributed by atoms with Crippen LogP contribution < -0.4 is 5.32 Å². The van der Waals surface area contributed by atoms with Crippen LogP contribution in [0.3, 0.4) is 0 Å². The molecule has 2 aliphatic rings. The molecule has 1 saturated heterocycles. The number of amides is 2. The Hall–Kier alpha value is -1.84. The van der Waals surface area contributed by atoms with Crippen LogP contribution in [0.2, 0.25) is 0 Å². The lowest BCUT2D eigenvalue weighted by Crippen LogP contribution is -2.42. The Balaban J connectivity index is 1.58. The highest BCUT2D eigenvalue weighted by Crippen LogP contribution is 2.32. The number of likely N-dealkylation sites (tertiary alicyclic amines) is 1. The first kappa shape index (κ1) is 16.0. The van der Waals surface area contributed by atoms with Crippen molar-refractivity contribution in [3.8, 4) is 0 Å². The van der Waals surface area contributed by atoms with Crippen LogP contribution in [-0.4, -0.2) is 29.8 Å². The summed E-state index contributed by atoms with van der Waals surface area (Å²) in [6, 6.07) is 4.19. The normalized spacial score (nSPS) is 18.8. The molecular formula is C19H26N2O2. The van der Waals surface area contributed by atoms with E-state index in [1.807, 2.05) is 18.7 Å². The number of hydrogen-bond donors (Lipinski definition) is 1. The number of benzene rings is 1. The summed E-state index contributed by atoms with van der Waals surface area (Å²) in [5, 5.41) is 3.11. The highest BCUT2D eigenvalue weighted by molar-refractivity contribution is 5.94. The highest BCUT2D eigenvalue weighted by atomic mass is 16.2. The van der Waals surface area contributed by atoms with Crippen molar-refractivity contribution in [2.45, 2.75) is 46.5 Å². The number of piperidine rings is 1. The summed E-state index contributed by atoms with van der Waals surface area (Å²) >= 11 is 0. The molecule has 124 valence electrons. The number of aryl methyl sites for hydroxylation is 3. The molecule has 1 aromatic carbocycles. The predicted octanol–water partition coefficient (Wildman–Crippen LogP) is 3.20. The first-order chi connectivity index (χ1) is 11.0. The van der Waals surface area contributed by atoms with E-state index in [4.69, 9.17) is 0 Å². The zero-order valence-electron chi connectivity index (χ0n) is 14.3. The number of carbonyl (C=O) groups is 2. The molecule has 0 aromatic heterocycles. The average Bonchev–Trinajstić information content (AvgIpc) is 3.35. The van der Waals surface area contributed by atoms with Gasteiger partial charge in [0.2, 0.25) is 11.8 Å². The summed E-state index contributed by atoms with van der Waals surface area (Å²) in [7, 11) is 0. The molecule has 1 saturated carbocycles. The van der Waals surface area contributed by atoms with E-state index in [-0.39, 0.29) is 17.7 Å². The molecule has 0 unspecified atom stereocenters. The smallest absolute Gasteiger partial charge is 0.227 e. The van der Waals surface area contributed by atoms with Crippen molar-refractivity contribution in [1.82, 2.24) is 4.90 Å². The predicted molar refractivity (Wildman–Crippen MR) is 91.3 cm³/mol. The summed E-state index contributed by atoms with van der Waals surface area (Å²) in [6.45, 7) is 7.58. The summed E-state index contributed by atoms with van der Waals surface area (Å²) in [5.41, 5.74) is 4.37. The third-order valence-corrected chi connectivity index (χ3v) is 5.03. The molecule has 2 amide bonds. The van der Waals surface area contributed by atoms with Gasteiger partial charge in [-0.1, -0.05) is 17.7 Å². The second-order valence-electron chi connectivity index (χ2n) is 7.14. The lowest BCUT2D eigenvalue weighted by molar-refractivity contribution is -0.135. The maximum atomic E-state index is 12.6. The number of nitrogens with zero attached hydrogens (tertiary/aromatic N) is 1. The Morgan fingerprint density at radius 1 is 0.957 bits per heavy atom. The van der Waals surface area contributed by atoms with Gasteiger partial charge in [0.25, 0.3) is 0 Å². The second kappa shape index (κ2) is 6.34. The Morgan fingerprint density at radius 2 is 1.52 bits per heavy atom. The maximum Gasteiger partial charge on any atom is 0.227 e. The molecule has 1 aliphatic carbocycles. The molecule has 23 heavy (non-hydrogen) atoms. The van der Waals surface area contributed by atoms with E-state index in [2.05, 4.69) is 24.4 Å². The zero-order valence-corrected chi connectivity index (χ0v) is 14.3. The molecule has 1 N–H and O–H groups in total. The third kappa shape index (κ3) is 3.57. The highest BCUT2D eigenvalue weighted by Gasteiger charge is 2.36. The third-order valence-electron chi connectivity index (χ3n) is 5.03. The Bertz CT molecular complexity index is 603. The maximum absolute atomic E-state index is 12.6. The van der Waals surface area contributed by atoms with Crippen LogP contribution in [-0.2, 0) is 9.59 Å². The summed E-state index contributed by atoms with van der Waals surface area (Å²) in [6.07, 6.45) is 3.64. The molecule has 4 nitrogen and oxygen atoms in total. The lowest BCUT2D eigenvalue weighted by Gasteiger charge is -2.31. The monoisotopic (exact) mass is 314 g/mol. The van der Waals surface area contributed by atoms with Crippen molar-refractivity contribution in [3.63, 3.8) is 0 Å². The van der Waals surface area contributed by atoms with Crippen molar-refractivity contribution >= 4 is 17.5 Å². The molecule has 4 heteroatoms. The minimum absolute atomic E-state index is 0.0124. The molecule has 1 aromatic rings. The van der Waals surface area contributed by atoms with Gasteiger partial charge in [-0.25, -0.2) is 0 Å². The van der Waals surface area contributed by atoms with E-state index in [0.717, 1.165) is 55.6 Å². The molecule has 3 rings (SSSR count). The van der Waals surface area contributed by atoms with E-state index in [9.17, 15) is 9.59 Å². The number of hydrogen-bond acceptors (Lipinski definition) is 2. The van der Waals surface area contributed by atoms with E-state index < -0.39 is 0 Å². The van der Waals surface area contributed by atoms with E-state index in [1.165, 1.54) is 5.56 Å². The zero-order chi connectivity index (χ0) is 16.6. The standard InChI is InChI=1S/C19H26N2O2/c1-12-10-13(2)17(14(3)11-12)20-18(22)15-6-8-21(9-7-15)19(23)16-4-5-16/h10-11,15-16H,4-9H2,1-3H3,(H,20,22). The van der Waals surface area contributed by atoms with Crippen LogP contribution in [0.25, 0.3) is 0 Å². The quantitative estimate of drug-likeness (QED) is 0.931. The van der Waals surface area contributed by atoms with Crippen LogP contribution >= 0.6 is 0 Å². The van der Waals surface area contributed by atoms with Crippen molar-refractivity contribution < 1.29 is 9.59 Å². The van der Waals surface area contributed by atoms with E-state index in [0.29, 0.717) is 5.91 Å². The first-order valence-corrected chi connectivity index (χ1v) is 8.63. The summed E-state index contributed by atoms with van der Waals surface area (Å²) < 4.78 is 0. The minimum atomic E-state index is 0.0124. The van der Waals surface area contributed by atoms with Crippen molar-refractivity contribution in [1.29, 1.82) is 0 Å². The molecule has 1 aliphatic heterocycles. The van der Waals surface area contributed by atoms with Gasteiger partial charge in [0.15, 0.2) is 0 Å². The van der Waals surface area contributed by atoms with Crippen molar-refractivity contribution in [3.05, 3.63) is 28.8 Å². The van der Waals surface area contributed by atoms with Crippen molar-refractivity contribution in [2.24, 2.45) is 11.8 Å². The Kier molecular flexibility index (Phi) is 4.42. The van der Waals surface area contributed by atoms with Gasteiger partial charge in [-0.05, 0) is 57.6 Å². The van der Waals surface area contributed by atoms with Gasteiger partial charge in [-0.2, -0.15) is 0 Å². The lowest BCUT2D eigenvalue weighted by atomic mass is 9.95. The largest absolute Gasteiger partial charge is 0.342 e. The van der Waals surface area contributed by atoms with Crippen LogP contribution in [0.5, 0.6) is 0 Å². The molecule has 1 heterocycles. The molecule has 0 spiro atoms. The van der Waals surface area contributed by atoms with Gasteiger partial charge in [0, 0.05) is 30.6 Å². The number of anilines is 1. The van der Waals surface area contributed by atoms with Gasteiger partial charge in [0.05, 0.1) is 0 Å². The molecule has 0 bridgehead atoms. The Morgan fingerprint density at radius 3 is 2.04 bits per heavy atom. The van der Waals surface area contributed by atoms with Crippen LogP contribution in [0.4, 0.5) is 5.69 Å². The Labute approximate surface area is 138 Å². The summed E-state index contributed by atoms with van der Waals surface area (Å²) in [4.78, 5) is 26.6. The van der Waals surface area contributed by atoms with Crippen LogP contribution in [0, 0.1) is 32.6 Å². The average molecular weight is 314 g/mol. The summed E-state index contributed by atoms with van der Waals surface area (Å²) in [5.74, 6) is 0.684. The topological polar surface area (TPSA) is 49.4 Å². The van der Waals surface area contributed by atoms with Gasteiger partial charge >= 0.3 is 0 Å². The molecule has 2 fully saturated rings. The number of nitrogens with one attached hydrogen (secondary N) is 1. The fourth-order valence-electron chi connectivity index (χ4n) is 3.55. The van der Waals surface area contributed by atoms with Crippen LogP contribution in [0.15, 0.2) is 12.1 Å². The molecular weight excluding hydrogens is 288 g/mol. The van der Waals surface area contributed by atoms with E-state index in [1.54, 1.807) is 0 Å². The van der Waals surface area contributed by atoms with Crippen molar-refractivity contribution in [2.75, 3.05) is 18.4 Å². The van der Waals surface area contributed by atoms with Gasteiger partial charge in [-0.3, -0.25) is 9.59 Å². The SMILES string of the molecule is Cc1cc(C)c(NC(=O)C2CCN(C(=O)C3CC3)CC2)c(C)c1. The minimum Gasteiger partial charge on any atom is -0.342 e.